The van der Waals surface area contributed by atoms with Crippen LogP contribution in [0.15, 0.2) is 35.1 Å². The zero-order chi connectivity index (χ0) is 25.7. The number of rotatable bonds is 4. The molecule has 2 aromatic heterocycles. The van der Waals surface area contributed by atoms with Gasteiger partial charge in [0, 0.05) is 49.2 Å². The summed E-state index contributed by atoms with van der Waals surface area (Å²) >= 11 is 0. The smallest absolute Gasteiger partial charge is 0.199 e. The number of nitrogens with zero attached hydrogens (tertiary/aromatic N) is 4. The highest BCUT2D eigenvalue weighted by molar-refractivity contribution is 6.10. The lowest BCUT2D eigenvalue weighted by Gasteiger charge is -2.41. The number of pyridine rings is 1. The van der Waals surface area contributed by atoms with Crippen molar-refractivity contribution in [2.24, 2.45) is 0 Å². The molecule has 2 aliphatic rings. The maximum atomic E-state index is 13.9. The third kappa shape index (κ3) is 3.94. The van der Waals surface area contributed by atoms with Crippen molar-refractivity contribution in [2.45, 2.75) is 38.8 Å². The maximum Gasteiger partial charge on any atom is 0.199 e. The first-order chi connectivity index (χ1) is 18.0. The van der Waals surface area contributed by atoms with Gasteiger partial charge in [0.25, 0.3) is 0 Å². The highest BCUT2D eigenvalue weighted by atomic mass is 16.5. The lowest BCUT2D eigenvalue weighted by atomic mass is 10.0. The molecule has 0 saturated carbocycles. The molecule has 4 heterocycles. The van der Waals surface area contributed by atoms with Crippen LogP contribution in [0.3, 0.4) is 0 Å². The molecule has 0 bridgehead atoms. The fourth-order valence-corrected chi connectivity index (χ4v) is 6.22. The number of aromatic amines is 1. The third-order valence-electron chi connectivity index (χ3n) is 8.06. The zero-order valence-corrected chi connectivity index (χ0v) is 21.7. The normalized spacial score (nSPS) is 17.8. The van der Waals surface area contributed by atoms with E-state index in [0.717, 1.165) is 85.7 Å². The molecule has 4 aromatic rings. The molecule has 0 radical (unpaired) electrons. The summed E-state index contributed by atoms with van der Waals surface area (Å²) in [5, 5.41) is 11.5. The van der Waals surface area contributed by atoms with Crippen LogP contribution in [0.25, 0.3) is 32.8 Å². The lowest BCUT2D eigenvalue weighted by Crippen LogP contribution is -2.49. The van der Waals surface area contributed by atoms with Crippen molar-refractivity contribution in [3.8, 4) is 11.8 Å². The molecule has 0 unspecified atom stereocenters. The highest BCUT2D eigenvalue weighted by Gasteiger charge is 2.28. The van der Waals surface area contributed by atoms with E-state index in [1.807, 2.05) is 18.2 Å². The second kappa shape index (κ2) is 9.40. The minimum atomic E-state index is -0.0197. The molecule has 37 heavy (non-hydrogen) atoms. The Kier molecular flexibility index (Phi) is 6.06. The van der Waals surface area contributed by atoms with Gasteiger partial charge in [0.15, 0.2) is 5.43 Å². The van der Waals surface area contributed by atoms with Gasteiger partial charge in [0.2, 0.25) is 0 Å². The van der Waals surface area contributed by atoms with Crippen molar-refractivity contribution in [1.82, 2.24) is 14.5 Å². The van der Waals surface area contributed by atoms with Crippen LogP contribution in [0.4, 0.5) is 5.69 Å². The molecule has 2 fully saturated rings. The Balaban J connectivity index is 1.48. The molecule has 0 atom stereocenters. The molecule has 6 rings (SSSR count). The number of hydrogen-bond donors (Lipinski definition) is 1. The number of morpholine rings is 1. The maximum absolute atomic E-state index is 13.9. The Morgan fingerprint density at radius 2 is 1.84 bits per heavy atom. The van der Waals surface area contributed by atoms with E-state index in [1.165, 1.54) is 0 Å². The van der Waals surface area contributed by atoms with Gasteiger partial charge in [-0.05, 0) is 51.0 Å². The predicted molar refractivity (Wildman–Crippen MR) is 147 cm³/mol. The molecular formula is C29H33N5O3. The van der Waals surface area contributed by atoms with Crippen molar-refractivity contribution < 1.29 is 9.47 Å². The van der Waals surface area contributed by atoms with Crippen molar-refractivity contribution in [3.63, 3.8) is 0 Å². The molecule has 8 heteroatoms. The Labute approximate surface area is 216 Å². The van der Waals surface area contributed by atoms with E-state index in [4.69, 9.17) is 9.47 Å². The average Bonchev–Trinajstić information content (AvgIpc) is 3.31. The van der Waals surface area contributed by atoms with E-state index in [-0.39, 0.29) is 11.5 Å². The Morgan fingerprint density at radius 1 is 1.08 bits per heavy atom. The number of aromatic nitrogens is 2. The highest BCUT2D eigenvalue weighted by Crippen LogP contribution is 2.37. The van der Waals surface area contributed by atoms with Crippen LogP contribution in [-0.2, 0) is 4.74 Å². The molecule has 2 aliphatic heterocycles. The summed E-state index contributed by atoms with van der Waals surface area (Å²) < 4.78 is 13.6. The summed E-state index contributed by atoms with van der Waals surface area (Å²) in [5.41, 5.74) is 4.07. The number of piperidine rings is 1. The standard InChI is InChI=1S/C29H33N5O3/c1-18(2)34-24-16-25(33-8-6-20(7-9-33)32-10-12-37-13-11-32)26(36-3)15-22(24)28(35)27-21-5-4-19(17-30)14-23(21)31-29(27)34/h4-5,14-16,18,20,31H,6-13H2,1-3H3. The number of benzene rings is 2. The number of H-pyrrole nitrogens is 1. The van der Waals surface area contributed by atoms with Gasteiger partial charge in [0.1, 0.15) is 11.4 Å². The Hall–Kier alpha value is -3.54. The van der Waals surface area contributed by atoms with E-state index in [0.29, 0.717) is 22.4 Å². The van der Waals surface area contributed by atoms with Crippen LogP contribution in [0.5, 0.6) is 5.75 Å². The SMILES string of the molecule is COc1cc2c(=O)c3c4ccc(C#N)cc4[nH]c3n(C(C)C)c2cc1N1CCC(N2CCOCC2)CC1. The first kappa shape index (κ1) is 23.8. The number of anilines is 1. The summed E-state index contributed by atoms with van der Waals surface area (Å²) in [4.78, 5) is 22.3. The van der Waals surface area contributed by atoms with Gasteiger partial charge >= 0.3 is 0 Å². The van der Waals surface area contributed by atoms with E-state index in [9.17, 15) is 10.1 Å². The predicted octanol–water partition coefficient (Wildman–Crippen LogP) is 4.40. The molecule has 8 nitrogen and oxygen atoms in total. The van der Waals surface area contributed by atoms with Gasteiger partial charge in [-0.15, -0.1) is 0 Å². The van der Waals surface area contributed by atoms with Gasteiger partial charge in [0.05, 0.1) is 53.9 Å². The molecule has 1 N–H and O–H groups in total. The third-order valence-corrected chi connectivity index (χ3v) is 8.06. The number of nitrogens with one attached hydrogen (secondary N) is 1. The summed E-state index contributed by atoms with van der Waals surface area (Å²) in [6, 6.07) is 12.4. The molecule has 0 amide bonds. The monoisotopic (exact) mass is 499 g/mol. The van der Waals surface area contributed by atoms with Crippen LogP contribution in [0.2, 0.25) is 0 Å². The molecule has 2 saturated heterocycles. The molecule has 2 aromatic carbocycles. The Bertz CT molecular complexity index is 1580. The second-order valence-electron chi connectivity index (χ2n) is 10.4. The molecule has 0 aliphatic carbocycles. The molecule has 192 valence electrons. The topological polar surface area (TPSA) is 86.5 Å². The fraction of sp³-hybridized carbons (Fsp3) is 0.448. The van der Waals surface area contributed by atoms with Crippen LogP contribution in [0.1, 0.15) is 38.3 Å². The van der Waals surface area contributed by atoms with E-state index >= 15 is 0 Å². The lowest BCUT2D eigenvalue weighted by molar-refractivity contribution is 0.0115. The molecule has 0 spiro atoms. The average molecular weight is 500 g/mol. The second-order valence-corrected chi connectivity index (χ2v) is 10.4. The van der Waals surface area contributed by atoms with E-state index in [2.05, 4.69) is 45.3 Å². The van der Waals surface area contributed by atoms with E-state index in [1.54, 1.807) is 13.2 Å². The summed E-state index contributed by atoms with van der Waals surface area (Å²) in [7, 11) is 1.68. The van der Waals surface area contributed by atoms with Crippen molar-refractivity contribution >= 4 is 38.5 Å². The van der Waals surface area contributed by atoms with Crippen LogP contribution >= 0.6 is 0 Å². The van der Waals surface area contributed by atoms with Crippen molar-refractivity contribution in [3.05, 3.63) is 46.1 Å². The van der Waals surface area contributed by atoms with Gasteiger partial charge in [-0.2, -0.15) is 5.26 Å². The summed E-state index contributed by atoms with van der Waals surface area (Å²) in [6.45, 7) is 9.84. The summed E-state index contributed by atoms with van der Waals surface area (Å²) in [6.07, 6.45) is 2.20. The zero-order valence-electron chi connectivity index (χ0n) is 21.7. The Morgan fingerprint density at radius 3 is 2.51 bits per heavy atom. The van der Waals surface area contributed by atoms with Gasteiger partial charge < -0.3 is 23.9 Å². The quantitative estimate of drug-likeness (QED) is 0.448. The largest absolute Gasteiger partial charge is 0.495 e. The molecular weight excluding hydrogens is 466 g/mol. The number of ether oxygens (including phenoxy) is 2. The number of fused-ring (bicyclic) bond motifs is 4. The first-order valence-corrected chi connectivity index (χ1v) is 13.2. The van der Waals surface area contributed by atoms with Crippen LogP contribution in [-0.4, -0.2) is 67.0 Å². The fourth-order valence-electron chi connectivity index (χ4n) is 6.22. The van der Waals surface area contributed by atoms with Crippen molar-refractivity contribution in [2.75, 3.05) is 51.4 Å². The number of nitriles is 1. The minimum Gasteiger partial charge on any atom is -0.495 e. The summed E-state index contributed by atoms with van der Waals surface area (Å²) in [5.74, 6) is 0.732. The van der Waals surface area contributed by atoms with Crippen LogP contribution < -0.4 is 15.1 Å². The number of hydrogen-bond acceptors (Lipinski definition) is 6. The number of methoxy groups -OCH3 is 1. The van der Waals surface area contributed by atoms with Gasteiger partial charge in [-0.25, -0.2) is 0 Å². The minimum absolute atomic E-state index is 0.0197. The van der Waals surface area contributed by atoms with Gasteiger partial charge in [-0.3, -0.25) is 9.69 Å². The van der Waals surface area contributed by atoms with Crippen LogP contribution in [0, 0.1) is 11.3 Å². The van der Waals surface area contributed by atoms with E-state index < -0.39 is 0 Å². The van der Waals surface area contributed by atoms with Gasteiger partial charge in [-0.1, -0.05) is 6.07 Å². The first-order valence-electron chi connectivity index (χ1n) is 13.2. The van der Waals surface area contributed by atoms with Crippen molar-refractivity contribution in [1.29, 1.82) is 5.26 Å².